The summed E-state index contributed by atoms with van der Waals surface area (Å²) in [7, 11) is 0. The number of carbonyl (C=O) groups is 1. The Morgan fingerprint density at radius 1 is 0.846 bits per heavy atom. The number of fused-ring (bicyclic) bond motifs is 3. The van der Waals surface area contributed by atoms with Crippen LogP contribution in [0, 0.1) is 5.92 Å². The fourth-order valence-electron chi connectivity index (χ4n) is 2.61. The Kier molecular flexibility index (Phi) is 5.23. The predicted molar refractivity (Wildman–Crippen MR) is 107 cm³/mol. The second-order valence-corrected chi connectivity index (χ2v) is 6.34. The standard InChI is InChI=1S/C16H14N2O.C6H7N/c1-10(2)16(19)13-8-7-12-6-5-11-4-3-9-17-14(11)15(12)18-13;7-6-4-2-1-3-5-6/h3-10H,1-2H3;1-5H,7H2. The molecule has 0 aliphatic carbocycles. The number of benzene rings is 2. The molecule has 0 spiro atoms. The molecule has 4 rings (SSSR count). The Balaban J connectivity index is 0.000000236. The minimum atomic E-state index is -0.0483. The van der Waals surface area contributed by atoms with Gasteiger partial charge in [0.15, 0.2) is 5.78 Å². The van der Waals surface area contributed by atoms with Crippen LogP contribution in [0.5, 0.6) is 0 Å². The number of hydrogen-bond acceptors (Lipinski definition) is 4. The van der Waals surface area contributed by atoms with E-state index in [0.29, 0.717) is 5.69 Å². The van der Waals surface area contributed by atoms with Gasteiger partial charge in [0.05, 0.1) is 11.0 Å². The maximum Gasteiger partial charge on any atom is 0.183 e. The highest BCUT2D eigenvalue weighted by molar-refractivity contribution is 6.05. The van der Waals surface area contributed by atoms with Crippen molar-refractivity contribution in [3.63, 3.8) is 0 Å². The minimum absolute atomic E-state index is 0.0483. The average Bonchev–Trinajstić information content (AvgIpc) is 2.68. The van der Waals surface area contributed by atoms with Crippen LogP contribution in [0.4, 0.5) is 5.69 Å². The molecule has 130 valence electrons. The molecule has 0 saturated carbocycles. The summed E-state index contributed by atoms with van der Waals surface area (Å²) in [6.45, 7) is 3.77. The first-order valence-electron chi connectivity index (χ1n) is 8.55. The summed E-state index contributed by atoms with van der Waals surface area (Å²) in [5.41, 5.74) is 8.34. The molecule has 4 heteroatoms. The predicted octanol–water partition coefficient (Wildman–Crippen LogP) is 4.89. The summed E-state index contributed by atoms with van der Waals surface area (Å²) in [5, 5.41) is 2.04. The van der Waals surface area contributed by atoms with Crippen LogP contribution in [0.3, 0.4) is 0 Å². The number of carbonyl (C=O) groups excluding carboxylic acids is 1. The maximum absolute atomic E-state index is 12.0. The van der Waals surface area contributed by atoms with Gasteiger partial charge in [0.1, 0.15) is 5.69 Å². The number of rotatable bonds is 2. The number of nitrogens with zero attached hydrogens (tertiary/aromatic N) is 2. The third-order valence-corrected chi connectivity index (χ3v) is 4.01. The van der Waals surface area contributed by atoms with E-state index in [2.05, 4.69) is 9.97 Å². The molecule has 0 fully saturated rings. The summed E-state index contributed by atoms with van der Waals surface area (Å²) >= 11 is 0. The fourth-order valence-corrected chi connectivity index (χ4v) is 2.61. The molecule has 0 unspecified atom stereocenters. The molecule has 2 aromatic heterocycles. The van der Waals surface area contributed by atoms with E-state index in [4.69, 9.17) is 5.73 Å². The van der Waals surface area contributed by atoms with Crippen molar-refractivity contribution in [2.24, 2.45) is 5.92 Å². The number of anilines is 1. The molecule has 26 heavy (non-hydrogen) atoms. The first kappa shape index (κ1) is 17.5. The summed E-state index contributed by atoms with van der Waals surface area (Å²) in [6, 6.07) is 21.1. The molecule has 0 aliphatic rings. The molecule has 0 radical (unpaired) electrons. The molecule has 0 atom stereocenters. The summed E-state index contributed by atoms with van der Waals surface area (Å²) in [5.74, 6) is 0.0164. The van der Waals surface area contributed by atoms with Crippen LogP contribution >= 0.6 is 0 Å². The second-order valence-electron chi connectivity index (χ2n) is 6.34. The van der Waals surface area contributed by atoms with Crippen LogP contribution in [0.1, 0.15) is 24.3 Å². The van der Waals surface area contributed by atoms with Gasteiger partial charge in [0.25, 0.3) is 0 Å². The van der Waals surface area contributed by atoms with Crippen LogP contribution in [-0.2, 0) is 0 Å². The molecule has 0 aliphatic heterocycles. The molecule has 4 aromatic rings. The second kappa shape index (κ2) is 7.74. The van der Waals surface area contributed by atoms with Crippen molar-refractivity contribution in [3.8, 4) is 0 Å². The molecular weight excluding hydrogens is 322 g/mol. The van der Waals surface area contributed by atoms with Gasteiger partial charge in [-0.15, -0.1) is 0 Å². The van der Waals surface area contributed by atoms with Crippen LogP contribution in [0.15, 0.2) is 72.9 Å². The van der Waals surface area contributed by atoms with Gasteiger partial charge in [-0.05, 0) is 24.3 Å². The van der Waals surface area contributed by atoms with Crippen molar-refractivity contribution in [1.29, 1.82) is 0 Å². The lowest BCUT2D eigenvalue weighted by molar-refractivity contribution is 0.0935. The van der Waals surface area contributed by atoms with E-state index in [1.807, 2.05) is 74.5 Å². The van der Waals surface area contributed by atoms with Gasteiger partial charge in [0.2, 0.25) is 0 Å². The third-order valence-electron chi connectivity index (χ3n) is 4.01. The number of Topliss-reactive ketones (excluding diaryl/α,β-unsaturated/α-hetero) is 1. The van der Waals surface area contributed by atoms with Gasteiger partial charge >= 0.3 is 0 Å². The Labute approximate surface area is 152 Å². The van der Waals surface area contributed by atoms with E-state index in [1.54, 1.807) is 12.3 Å². The molecule has 0 bridgehead atoms. The zero-order valence-corrected chi connectivity index (χ0v) is 14.9. The smallest absolute Gasteiger partial charge is 0.183 e. The Bertz CT molecular complexity index is 1040. The molecule has 2 N–H and O–H groups in total. The largest absolute Gasteiger partial charge is 0.399 e. The average molecular weight is 343 g/mol. The summed E-state index contributed by atoms with van der Waals surface area (Å²) in [4.78, 5) is 20.9. The van der Waals surface area contributed by atoms with E-state index in [9.17, 15) is 4.79 Å². The van der Waals surface area contributed by atoms with Gasteiger partial charge in [-0.2, -0.15) is 0 Å². The number of hydrogen-bond donors (Lipinski definition) is 1. The van der Waals surface area contributed by atoms with Gasteiger partial charge < -0.3 is 5.73 Å². The van der Waals surface area contributed by atoms with Gasteiger partial charge in [-0.3, -0.25) is 9.78 Å². The Morgan fingerprint density at radius 3 is 2.12 bits per heavy atom. The third kappa shape index (κ3) is 3.86. The molecule has 0 amide bonds. The first-order chi connectivity index (χ1) is 12.6. The highest BCUT2D eigenvalue weighted by Crippen LogP contribution is 2.22. The fraction of sp³-hybridized carbons (Fsp3) is 0.136. The van der Waals surface area contributed by atoms with Crippen molar-refractivity contribution in [2.75, 3.05) is 5.73 Å². The Morgan fingerprint density at radius 2 is 1.50 bits per heavy atom. The zero-order valence-electron chi connectivity index (χ0n) is 14.9. The highest BCUT2D eigenvalue weighted by Gasteiger charge is 2.13. The first-order valence-corrected chi connectivity index (χ1v) is 8.55. The lowest BCUT2D eigenvalue weighted by atomic mass is 10.0. The van der Waals surface area contributed by atoms with Gasteiger partial charge in [-0.1, -0.05) is 56.3 Å². The topological polar surface area (TPSA) is 68.9 Å². The van der Waals surface area contributed by atoms with E-state index in [-0.39, 0.29) is 11.7 Å². The maximum atomic E-state index is 12.0. The van der Waals surface area contributed by atoms with Crippen LogP contribution in [0.25, 0.3) is 21.8 Å². The summed E-state index contributed by atoms with van der Waals surface area (Å²) < 4.78 is 0. The number of ketones is 1. The van der Waals surface area contributed by atoms with Crippen molar-refractivity contribution in [2.45, 2.75) is 13.8 Å². The van der Waals surface area contributed by atoms with Crippen LogP contribution in [0.2, 0.25) is 0 Å². The van der Waals surface area contributed by atoms with Crippen LogP contribution < -0.4 is 5.73 Å². The van der Waals surface area contributed by atoms with E-state index < -0.39 is 0 Å². The minimum Gasteiger partial charge on any atom is -0.399 e. The van der Waals surface area contributed by atoms with Crippen LogP contribution in [-0.4, -0.2) is 15.8 Å². The van der Waals surface area contributed by atoms with Crippen molar-refractivity contribution in [1.82, 2.24) is 9.97 Å². The molecule has 0 saturated heterocycles. The molecular formula is C22H21N3O. The number of para-hydroxylation sites is 1. The SMILES string of the molecule is CC(C)C(=O)c1ccc2ccc3cccnc3c2n1.Nc1ccccc1. The van der Waals surface area contributed by atoms with Crippen molar-refractivity contribution >= 4 is 33.3 Å². The normalized spacial score (nSPS) is 10.6. The molecule has 2 heterocycles. The van der Waals surface area contributed by atoms with Crippen molar-refractivity contribution in [3.05, 3.63) is 78.6 Å². The van der Waals surface area contributed by atoms with Gasteiger partial charge in [0, 0.05) is 28.6 Å². The highest BCUT2D eigenvalue weighted by atomic mass is 16.1. The number of pyridine rings is 2. The molecule has 2 aromatic carbocycles. The zero-order chi connectivity index (χ0) is 18.5. The lowest BCUT2D eigenvalue weighted by Gasteiger charge is -2.06. The number of nitrogens with two attached hydrogens (primary N) is 1. The summed E-state index contributed by atoms with van der Waals surface area (Å²) in [6.07, 6.45) is 1.75. The van der Waals surface area contributed by atoms with Crippen molar-refractivity contribution < 1.29 is 4.79 Å². The monoisotopic (exact) mass is 343 g/mol. The lowest BCUT2D eigenvalue weighted by Crippen LogP contribution is -2.09. The number of nitrogen functional groups attached to an aromatic ring is 1. The Hall–Kier alpha value is -3.27. The van der Waals surface area contributed by atoms with E-state index >= 15 is 0 Å². The number of aromatic nitrogens is 2. The van der Waals surface area contributed by atoms with Gasteiger partial charge in [-0.25, -0.2) is 4.98 Å². The quantitative estimate of drug-likeness (QED) is 0.320. The molecule has 4 nitrogen and oxygen atoms in total. The van der Waals surface area contributed by atoms with E-state index in [1.165, 1.54) is 0 Å². The van der Waals surface area contributed by atoms with E-state index in [0.717, 1.165) is 27.5 Å².